The Balaban J connectivity index is 2.28. The molecule has 0 saturated heterocycles. The van der Waals surface area contributed by atoms with Gasteiger partial charge in [0.1, 0.15) is 12.5 Å². The zero-order valence-electron chi connectivity index (χ0n) is 7.39. The van der Waals surface area contributed by atoms with Crippen molar-refractivity contribution in [1.29, 1.82) is 0 Å². The molecule has 0 amide bonds. The molecule has 1 aromatic carbocycles. The molecule has 0 radical (unpaired) electrons. The van der Waals surface area contributed by atoms with E-state index in [-0.39, 0.29) is 12.5 Å². The van der Waals surface area contributed by atoms with Crippen molar-refractivity contribution in [3.8, 4) is 0 Å². The van der Waals surface area contributed by atoms with E-state index >= 15 is 0 Å². The Morgan fingerprint density at radius 2 is 2.08 bits per heavy atom. The van der Waals surface area contributed by atoms with Crippen LogP contribution in [0.5, 0.6) is 0 Å². The van der Waals surface area contributed by atoms with E-state index in [1.165, 1.54) is 12.1 Å². The van der Waals surface area contributed by atoms with Crippen LogP contribution in [0.2, 0.25) is 0 Å². The van der Waals surface area contributed by atoms with Gasteiger partial charge < -0.3 is 5.32 Å². The Bertz CT molecular complexity index is 250. The van der Waals surface area contributed by atoms with E-state index in [0.29, 0.717) is 13.1 Å². The van der Waals surface area contributed by atoms with Crippen molar-refractivity contribution in [3.63, 3.8) is 0 Å². The maximum Gasteiger partial charge on any atom is 0.123 e. The second kappa shape index (κ2) is 5.65. The molecule has 0 fully saturated rings. The maximum absolute atomic E-state index is 12.7. The third-order valence-corrected chi connectivity index (χ3v) is 1.75. The minimum absolute atomic E-state index is 0.219. The molecule has 0 spiro atoms. The largest absolute Gasteiger partial charge is 0.314 e. The van der Waals surface area contributed by atoms with Gasteiger partial charge in [0.15, 0.2) is 0 Å². The zero-order chi connectivity index (χ0) is 9.52. The lowest BCUT2D eigenvalue weighted by atomic mass is 10.1. The lowest BCUT2D eigenvalue weighted by Gasteiger charge is -2.02. The summed E-state index contributed by atoms with van der Waals surface area (Å²) in [5, 5.41) is 2.91. The smallest absolute Gasteiger partial charge is 0.123 e. The van der Waals surface area contributed by atoms with Crippen LogP contribution in [0.25, 0.3) is 0 Å². The molecule has 1 nitrogen and oxygen atoms in total. The first-order valence-corrected chi connectivity index (χ1v) is 4.34. The van der Waals surface area contributed by atoms with Crippen molar-refractivity contribution in [3.05, 3.63) is 35.6 Å². The second-order valence-corrected chi connectivity index (χ2v) is 2.82. The van der Waals surface area contributed by atoms with Gasteiger partial charge in [0.05, 0.1) is 0 Å². The van der Waals surface area contributed by atoms with Crippen LogP contribution in [0.1, 0.15) is 5.56 Å². The highest BCUT2D eigenvalue weighted by Crippen LogP contribution is 2.03. The molecule has 1 rings (SSSR count). The lowest BCUT2D eigenvalue weighted by Crippen LogP contribution is -2.19. The zero-order valence-corrected chi connectivity index (χ0v) is 7.39. The van der Waals surface area contributed by atoms with Gasteiger partial charge in [-0.3, -0.25) is 0 Å². The molecule has 0 heterocycles. The van der Waals surface area contributed by atoms with Gasteiger partial charge in [-0.15, -0.1) is 0 Å². The quantitative estimate of drug-likeness (QED) is 0.691. The van der Waals surface area contributed by atoms with Gasteiger partial charge in [-0.1, -0.05) is 12.1 Å². The van der Waals surface area contributed by atoms with E-state index in [2.05, 4.69) is 5.32 Å². The summed E-state index contributed by atoms with van der Waals surface area (Å²) in [6.45, 7) is 0.700. The molecule has 0 atom stereocenters. The molecule has 0 saturated carbocycles. The Hall–Kier alpha value is -0.960. The highest BCUT2D eigenvalue weighted by molar-refractivity contribution is 5.16. The predicted octanol–water partition coefficient (Wildman–Crippen LogP) is 1.93. The first-order valence-electron chi connectivity index (χ1n) is 4.34. The summed E-state index contributed by atoms with van der Waals surface area (Å²) in [6, 6.07) is 6.45. The summed E-state index contributed by atoms with van der Waals surface area (Å²) in [7, 11) is 0. The van der Waals surface area contributed by atoms with E-state index in [0.717, 1.165) is 12.0 Å². The third kappa shape index (κ3) is 3.99. The molecule has 72 valence electrons. The number of hydrogen-bond donors (Lipinski definition) is 1. The number of alkyl halides is 1. The molecule has 0 aromatic heterocycles. The van der Waals surface area contributed by atoms with Crippen LogP contribution >= 0.6 is 0 Å². The lowest BCUT2D eigenvalue weighted by molar-refractivity contribution is 0.468. The first kappa shape index (κ1) is 10.1. The molecular weight excluding hydrogens is 172 g/mol. The highest BCUT2D eigenvalue weighted by Gasteiger charge is 1.94. The summed E-state index contributed by atoms with van der Waals surface area (Å²) in [6.07, 6.45) is 0.734. The van der Waals surface area contributed by atoms with Crippen LogP contribution in [-0.2, 0) is 6.42 Å². The van der Waals surface area contributed by atoms with Gasteiger partial charge >= 0.3 is 0 Å². The molecule has 13 heavy (non-hydrogen) atoms. The van der Waals surface area contributed by atoms with Crippen molar-refractivity contribution in [2.24, 2.45) is 0 Å². The number of hydrogen-bond acceptors (Lipinski definition) is 1. The Kier molecular flexibility index (Phi) is 4.40. The fourth-order valence-corrected chi connectivity index (χ4v) is 1.12. The monoisotopic (exact) mass is 185 g/mol. The Morgan fingerprint density at radius 3 is 2.77 bits per heavy atom. The van der Waals surface area contributed by atoms with Crippen LogP contribution in [0, 0.1) is 5.82 Å². The normalized spacial score (nSPS) is 10.3. The Morgan fingerprint density at radius 1 is 1.23 bits per heavy atom. The number of benzene rings is 1. The van der Waals surface area contributed by atoms with E-state index in [1.54, 1.807) is 6.07 Å². The van der Waals surface area contributed by atoms with Gasteiger partial charge in [-0.05, 0) is 30.7 Å². The summed E-state index contributed by atoms with van der Waals surface area (Å²) in [5.41, 5.74) is 0.936. The molecule has 0 bridgehead atoms. The minimum atomic E-state index is -0.358. The second-order valence-electron chi connectivity index (χ2n) is 2.82. The van der Waals surface area contributed by atoms with Gasteiger partial charge in [0.25, 0.3) is 0 Å². The number of rotatable bonds is 5. The van der Waals surface area contributed by atoms with Crippen molar-refractivity contribution >= 4 is 0 Å². The van der Waals surface area contributed by atoms with Crippen LogP contribution in [-0.4, -0.2) is 19.8 Å². The molecule has 3 heteroatoms. The highest BCUT2D eigenvalue weighted by atomic mass is 19.1. The van der Waals surface area contributed by atoms with E-state index in [1.807, 2.05) is 6.07 Å². The maximum atomic E-state index is 12.7. The fourth-order valence-electron chi connectivity index (χ4n) is 1.12. The molecule has 1 N–H and O–H groups in total. The van der Waals surface area contributed by atoms with Gasteiger partial charge in [-0.25, -0.2) is 8.78 Å². The number of nitrogens with one attached hydrogen (secondary N) is 1. The molecule has 0 unspecified atom stereocenters. The standard InChI is InChI=1S/C10H13F2N/c11-5-7-13-6-4-9-2-1-3-10(12)8-9/h1-3,8,13H,4-7H2. The van der Waals surface area contributed by atoms with E-state index in [9.17, 15) is 8.78 Å². The summed E-state index contributed by atoms with van der Waals surface area (Å²) >= 11 is 0. The molecule has 0 aliphatic carbocycles. The average Bonchev–Trinajstić information content (AvgIpc) is 2.13. The van der Waals surface area contributed by atoms with Crippen LogP contribution in [0.15, 0.2) is 24.3 Å². The summed E-state index contributed by atoms with van der Waals surface area (Å²) in [4.78, 5) is 0. The third-order valence-electron chi connectivity index (χ3n) is 1.75. The first-order chi connectivity index (χ1) is 6.33. The van der Waals surface area contributed by atoms with Crippen molar-refractivity contribution < 1.29 is 8.78 Å². The summed E-state index contributed by atoms with van der Waals surface area (Å²) in [5.74, 6) is -0.219. The average molecular weight is 185 g/mol. The topological polar surface area (TPSA) is 12.0 Å². The van der Waals surface area contributed by atoms with Gasteiger partial charge in [-0.2, -0.15) is 0 Å². The predicted molar refractivity (Wildman–Crippen MR) is 48.9 cm³/mol. The van der Waals surface area contributed by atoms with Gasteiger partial charge in [0.2, 0.25) is 0 Å². The van der Waals surface area contributed by atoms with Crippen LogP contribution in [0.4, 0.5) is 8.78 Å². The minimum Gasteiger partial charge on any atom is -0.314 e. The van der Waals surface area contributed by atoms with Crippen LogP contribution in [0.3, 0.4) is 0 Å². The van der Waals surface area contributed by atoms with E-state index < -0.39 is 0 Å². The fraction of sp³-hybridized carbons (Fsp3) is 0.400. The molecule has 0 aliphatic rings. The van der Waals surface area contributed by atoms with Crippen LogP contribution < -0.4 is 5.32 Å². The SMILES string of the molecule is FCCNCCc1cccc(F)c1. The van der Waals surface area contributed by atoms with Gasteiger partial charge in [0, 0.05) is 6.54 Å². The molecular formula is C10H13F2N. The van der Waals surface area contributed by atoms with Crippen molar-refractivity contribution in [1.82, 2.24) is 5.32 Å². The number of halogens is 2. The van der Waals surface area contributed by atoms with E-state index in [4.69, 9.17) is 0 Å². The molecule has 0 aliphatic heterocycles. The molecule has 1 aromatic rings. The Labute approximate surface area is 76.8 Å². The van der Waals surface area contributed by atoms with Crippen molar-refractivity contribution in [2.75, 3.05) is 19.8 Å². The summed E-state index contributed by atoms with van der Waals surface area (Å²) < 4.78 is 24.3. The van der Waals surface area contributed by atoms with Crippen molar-refractivity contribution in [2.45, 2.75) is 6.42 Å².